The molecule has 0 bridgehead atoms. The topological polar surface area (TPSA) is 38.7 Å². The molecular weight excluding hydrogens is 235 g/mol. The van der Waals surface area contributed by atoms with Crippen LogP contribution in [-0.4, -0.2) is 31.0 Å². The zero-order valence-corrected chi connectivity index (χ0v) is 10.6. The molecule has 1 aromatic carbocycles. The highest BCUT2D eigenvalue weighted by atomic mass is 19.1. The third-order valence-electron chi connectivity index (χ3n) is 2.05. The van der Waals surface area contributed by atoms with Crippen molar-refractivity contribution in [3.05, 3.63) is 29.6 Å². The van der Waals surface area contributed by atoms with Crippen molar-refractivity contribution in [3.63, 3.8) is 0 Å². The van der Waals surface area contributed by atoms with Crippen molar-refractivity contribution in [1.29, 1.82) is 0 Å². The zero-order valence-electron chi connectivity index (χ0n) is 10.6. The van der Waals surface area contributed by atoms with Gasteiger partial charge in [-0.3, -0.25) is 0 Å². The molecule has 0 aliphatic carbocycles. The predicted molar refractivity (Wildman–Crippen MR) is 66.9 cm³/mol. The van der Waals surface area contributed by atoms with Gasteiger partial charge >= 0.3 is 0 Å². The normalized spacial score (nSPS) is 10.1. The fourth-order valence-electron chi connectivity index (χ4n) is 1.27. The van der Waals surface area contributed by atoms with E-state index in [1.807, 2.05) is 13.8 Å². The Bertz CT molecular complexity index is 432. The molecular formula is C14H17FO3. The van der Waals surface area contributed by atoms with Crippen molar-refractivity contribution >= 4 is 0 Å². The Morgan fingerprint density at radius 2 is 2.11 bits per heavy atom. The van der Waals surface area contributed by atoms with Gasteiger partial charge in [0.2, 0.25) is 0 Å². The summed E-state index contributed by atoms with van der Waals surface area (Å²) < 4.78 is 24.2. The molecule has 0 saturated heterocycles. The van der Waals surface area contributed by atoms with Gasteiger partial charge < -0.3 is 14.6 Å². The van der Waals surface area contributed by atoms with E-state index in [1.165, 1.54) is 12.1 Å². The van der Waals surface area contributed by atoms with Crippen molar-refractivity contribution < 1.29 is 19.0 Å². The van der Waals surface area contributed by atoms with E-state index in [0.717, 1.165) is 0 Å². The van der Waals surface area contributed by atoms with Gasteiger partial charge in [0.05, 0.1) is 18.3 Å². The van der Waals surface area contributed by atoms with Crippen LogP contribution in [-0.2, 0) is 4.74 Å². The van der Waals surface area contributed by atoms with Gasteiger partial charge in [-0.2, -0.15) is 0 Å². The lowest BCUT2D eigenvalue weighted by Crippen LogP contribution is -2.11. The van der Waals surface area contributed by atoms with Gasteiger partial charge in [0.1, 0.15) is 24.8 Å². The Hall–Kier alpha value is -1.57. The van der Waals surface area contributed by atoms with E-state index >= 15 is 0 Å². The summed E-state index contributed by atoms with van der Waals surface area (Å²) in [5, 5.41) is 8.53. The van der Waals surface area contributed by atoms with E-state index in [1.54, 1.807) is 6.07 Å². The minimum Gasteiger partial charge on any atom is -0.491 e. The molecule has 0 saturated carbocycles. The average Bonchev–Trinajstić information content (AvgIpc) is 2.33. The summed E-state index contributed by atoms with van der Waals surface area (Å²) in [5.41, 5.74) is 0.245. The number of aliphatic hydroxyl groups excluding tert-OH is 1. The molecule has 0 heterocycles. The summed E-state index contributed by atoms with van der Waals surface area (Å²) in [7, 11) is 0. The van der Waals surface area contributed by atoms with Crippen LogP contribution < -0.4 is 4.74 Å². The summed E-state index contributed by atoms with van der Waals surface area (Å²) in [5.74, 6) is 4.89. The molecule has 0 atom stereocenters. The van der Waals surface area contributed by atoms with E-state index in [4.69, 9.17) is 14.6 Å². The molecule has 1 rings (SSSR count). The molecule has 1 N–H and O–H groups in total. The highest BCUT2D eigenvalue weighted by Gasteiger charge is 2.02. The van der Waals surface area contributed by atoms with Crippen LogP contribution in [0.25, 0.3) is 0 Å². The molecule has 4 heteroatoms. The van der Waals surface area contributed by atoms with Crippen molar-refractivity contribution in [3.8, 4) is 17.6 Å². The van der Waals surface area contributed by atoms with Crippen LogP contribution in [0.2, 0.25) is 0 Å². The molecule has 0 radical (unpaired) electrons. The predicted octanol–water partition coefficient (Wildman–Crippen LogP) is 1.97. The van der Waals surface area contributed by atoms with Crippen LogP contribution in [0, 0.1) is 17.7 Å². The monoisotopic (exact) mass is 252 g/mol. The van der Waals surface area contributed by atoms with E-state index in [9.17, 15) is 4.39 Å². The van der Waals surface area contributed by atoms with Gasteiger partial charge in [0.25, 0.3) is 0 Å². The van der Waals surface area contributed by atoms with Crippen molar-refractivity contribution in [2.45, 2.75) is 20.0 Å². The summed E-state index contributed by atoms with van der Waals surface area (Å²) >= 11 is 0. The highest BCUT2D eigenvalue weighted by Crippen LogP contribution is 2.15. The summed E-state index contributed by atoms with van der Waals surface area (Å²) in [6.45, 7) is 4.43. The van der Waals surface area contributed by atoms with Crippen LogP contribution in [0.4, 0.5) is 4.39 Å². The second kappa shape index (κ2) is 7.70. The summed E-state index contributed by atoms with van der Waals surface area (Å²) in [6.07, 6.45) is 0.154. The van der Waals surface area contributed by atoms with Gasteiger partial charge in [0, 0.05) is 6.07 Å². The molecule has 1 aromatic rings. The van der Waals surface area contributed by atoms with Crippen LogP contribution in [0.15, 0.2) is 18.2 Å². The Morgan fingerprint density at radius 1 is 1.33 bits per heavy atom. The molecule has 0 amide bonds. The number of benzene rings is 1. The molecule has 0 aliphatic rings. The minimum atomic E-state index is -0.460. The average molecular weight is 252 g/mol. The Labute approximate surface area is 107 Å². The summed E-state index contributed by atoms with van der Waals surface area (Å²) in [4.78, 5) is 0. The molecule has 0 aromatic heterocycles. The van der Waals surface area contributed by atoms with Crippen LogP contribution >= 0.6 is 0 Å². The maximum Gasteiger partial charge on any atom is 0.142 e. The van der Waals surface area contributed by atoms with Gasteiger partial charge in [-0.1, -0.05) is 11.8 Å². The number of aliphatic hydroxyl groups is 1. The molecule has 98 valence electrons. The van der Waals surface area contributed by atoms with Gasteiger partial charge in [0.15, 0.2) is 0 Å². The first-order valence-corrected chi connectivity index (χ1v) is 5.77. The second-order valence-electron chi connectivity index (χ2n) is 3.87. The van der Waals surface area contributed by atoms with E-state index in [-0.39, 0.29) is 18.3 Å². The van der Waals surface area contributed by atoms with E-state index < -0.39 is 5.82 Å². The van der Waals surface area contributed by atoms with Gasteiger partial charge in [-0.25, -0.2) is 4.39 Å². The quantitative estimate of drug-likeness (QED) is 0.643. The maximum atomic E-state index is 13.5. The summed E-state index contributed by atoms with van der Waals surface area (Å²) in [6, 6.07) is 4.44. The van der Waals surface area contributed by atoms with Crippen molar-refractivity contribution in [2.75, 3.05) is 19.8 Å². The third kappa shape index (κ3) is 5.17. The number of hydrogen-bond acceptors (Lipinski definition) is 3. The minimum absolute atomic E-state index is 0.154. The van der Waals surface area contributed by atoms with Crippen LogP contribution in [0.1, 0.15) is 19.4 Å². The number of ether oxygens (including phenoxy) is 2. The Balaban J connectivity index is 2.51. The molecule has 3 nitrogen and oxygen atoms in total. The third-order valence-corrected chi connectivity index (χ3v) is 2.05. The van der Waals surface area contributed by atoms with E-state index in [0.29, 0.717) is 19.0 Å². The largest absolute Gasteiger partial charge is 0.491 e. The maximum absolute atomic E-state index is 13.5. The first kappa shape index (κ1) is 14.5. The van der Waals surface area contributed by atoms with Crippen LogP contribution in [0.3, 0.4) is 0 Å². The second-order valence-corrected chi connectivity index (χ2v) is 3.87. The first-order chi connectivity index (χ1) is 8.63. The van der Waals surface area contributed by atoms with Gasteiger partial charge in [-0.05, 0) is 26.0 Å². The van der Waals surface area contributed by atoms with Crippen LogP contribution in [0.5, 0.6) is 5.75 Å². The lowest BCUT2D eigenvalue weighted by molar-refractivity contribution is 0.0552. The number of halogens is 1. The Kier molecular flexibility index (Phi) is 6.20. The van der Waals surface area contributed by atoms with Gasteiger partial charge in [-0.15, -0.1) is 0 Å². The smallest absolute Gasteiger partial charge is 0.142 e. The molecule has 0 spiro atoms. The standard InChI is InChI=1S/C14H17FO3/c1-11(2)17-8-9-18-13-6-5-12(4-3-7-16)14(15)10-13/h5-6,10-11,16H,7-9H2,1-2H3. The Morgan fingerprint density at radius 3 is 2.72 bits per heavy atom. The lowest BCUT2D eigenvalue weighted by Gasteiger charge is -2.09. The van der Waals surface area contributed by atoms with Crippen molar-refractivity contribution in [1.82, 2.24) is 0 Å². The first-order valence-electron chi connectivity index (χ1n) is 5.77. The van der Waals surface area contributed by atoms with Crippen molar-refractivity contribution in [2.24, 2.45) is 0 Å². The SMILES string of the molecule is CC(C)OCCOc1ccc(C#CCO)c(F)c1. The number of rotatable bonds is 5. The lowest BCUT2D eigenvalue weighted by atomic mass is 10.2. The number of hydrogen-bond donors (Lipinski definition) is 1. The fraction of sp³-hybridized carbons (Fsp3) is 0.429. The molecule has 0 unspecified atom stereocenters. The molecule has 0 aliphatic heterocycles. The fourth-order valence-corrected chi connectivity index (χ4v) is 1.27. The molecule has 18 heavy (non-hydrogen) atoms. The molecule has 0 fully saturated rings. The highest BCUT2D eigenvalue weighted by molar-refractivity contribution is 5.39. The van der Waals surface area contributed by atoms with E-state index in [2.05, 4.69) is 11.8 Å². The zero-order chi connectivity index (χ0) is 13.4.